The number of H-pyrrole nitrogens is 1. The van der Waals surface area contributed by atoms with Crippen LogP contribution in [0, 0.1) is 5.92 Å². The molecule has 0 aliphatic heterocycles. The lowest BCUT2D eigenvalue weighted by atomic mass is 10.1. The fraction of sp³-hybridized carbons (Fsp3) is 0.364. The summed E-state index contributed by atoms with van der Waals surface area (Å²) in [6.45, 7) is 4.11. The van der Waals surface area contributed by atoms with Crippen LogP contribution in [0.1, 0.15) is 25.7 Å². The van der Waals surface area contributed by atoms with Gasteiger partial charge in [-0.3, -0.25) is 0 Å². The van der Waals surface area contributed by atoms with E-state index in [1.807, 2.05) is 0 Å². The van der Waals surface area contributed by atoms with Crippen molar-refractivity contribution in [2.24, 2.45) is 11.7 Å². The van der Waals surface area contributed by atoms with Gasteiger partial charge in [-0.05, 0) is 18.1 Å². The van der Waals surface area contributed by atoms with Crippen LogP contribution < -0.4 is 5.73 Å². The van der Waals surface area contributed by atoms with Gasteiger partial charge < -0.3 is 10.7 Å². The summed E-state index contributed by atoms with van der Waals surface area (Å²) in [4.78, 5) is 7.58. The van der Waals surface area contributed by atoms with Crippen LogP contribution in [0.2, 0.25) is 10.0 Å². The fourth-order valence-electron chi connectivity index (χ4n) is 1.50. The number of hydrogen-bond donors (Lipinski definition) is 2. The van der Waals surface area contributed by atoms with Crippen LogP contribution in [0.3, 0.4) is 0 Å². The lowest BCUT2D eigenvalue weighted by Crippen LogP contribution is -2.17. The van der Waals surface area contributed by atoms with Gasteiger partial charge in [0.05, 0.1) is 27.1 Å². The molecule has 0 fully saturated rings. The van der Waals surface area contributed by atoms with Crippen molar-refractivity contribution < 1.29 is 0 Å². The third kappa shape index (κ3) is 2.03. The van der Waals surface area contributed by atoms with Gasteiger partial charge in [0.1, 0.15) is 5.82 Å². The highest BCUT2D eigenvalue weighted by Gasteiger charge is 2.15. The number of nitrogens with zero attached hydrogens (tertiary/aromatic N) is 1. The molecule has 2 rings (SSSR count). The number of halogens is 2. The maximum absolute atomic E-state index is 6.02. The average molecular weight is 258 g/mol. The van der Waals surface area contributed by atoms with Gasteiger partial charge >= 0.3 is 0 Å². The van der Waals surface area contributed by atoms with E-state index in [0.29, 0.717) is 16.0 Å². The van der Waals surface area contributed by atoms with Crippen LogP contribution in [0.25, 0.3) is 11.0 Å². The highest BCUT2D eigenvalue weighted by atomic mass is 35.5. The topological polar surface area (TPSA) is 54.7 Å². The number of nitrogens with one attached hydrogen (secondary N) is 1. The first kappa shape index (κ1) is 11.7. The van der Waals surface area contributed by atoms with Crippen molar-refractivity contribution in [3.8, 4) is 0 Å². The zero-order chi connectivity index (χ0) is 11.9. The number of aromatic amines is 1. The number of nitrogens with two attached hydrogens (primary N) is 1. The first-order valence-corrected chi connectivity index (χ1v) is 5.85. The van der Waals surface area contributed by atoms with E-state index >= 15 is 0 Å². The lowest BCUT2D eigenvalue weighted by Gasteiger charge is -2.11. The Morgan fingerprint density at radius 3 is 2.50 bits per heavy atom. The Morgan fingerprint density at radius 1 is 1.25 bits per heavy atom. The molecule has 1 atom stereocenters. The molecule has 3 nitrogen and oxygen atoms in total. The molecule has 1 aromatic carbocycles. The molecular weight excluding hydrogens is 245 g/mol. The number of rotatable bonds is 2. The van der Waals surface area contributed by atoms with Crippen molar-refractivity contribution in [1.82, 2.24) is 9.97 Å². The maximum atomic E-state index is 6.02. The first-order chi connectivity index (χ1) is 7.49. The predicted octanol–water partition coefficient (Wildman–Crippen LogP) is 3.53. The van der Waals surface area contributed by atoms with Gasteiger partial charge in [0, 0.05) is 0 Å². The summed E-state index contributed by atoms with van der Waals surface area (Å²) in [5.41, 5.74) is 7.67. The Kier molecular flexibility index (Phi) is 3.10. The summed E-state index contributed by atoms with van der Waals surface area (Å²) in [5, 5.41) is 1.02. The van der Waals surface area contributed by atoms with Crippen molar-refractivity contribution in [2.45, 2.75) is 19.9 Å². The molecule has 0 radical (unpaired) electrons. The molecule has 0 aliphatic rings. The van der Waals surface area contributed by atoms with Crippen LogP contribution in [0.4, 0.5) is 0 Å². The molecule has 3 N–H and O–H groups in total. The van der Waals surface area contributed by atoms with Gasteiger partial charge in [-0.15, -0.1) is 0 Å². The number of benzene rings is 1. The van der Waals surface area contributed by atoms with Crippen LogP contribution in [0.15, 0.2) is 12.1 Å². The third-order valence-corrected chi connectivity index (χ3v) is 3.30. The normalized spacial score (nSPS) is 13.6. The number of fused-ring (bicyclic) bond motifs is 1. The van der Waals surface area contributed by atoms with E-state index in [1.165, 1.54) is 0 Å². The Morgan fingerprint density at radius 2 is 1.88 bits per heavy atom. The van der Waals surface area contributed by atoms with Crippen molar-refractivity contribution >= 4 is 34.2 Å². The largest absolute Gasteiger partial charge is 0.341 e. The van der Waals surface area contributed by atoms with Crippen LogP contribution >= 0.6 is 23.2 Å². The van der Waals surface area contributed by atoms with Gasteiger partial charge in [0.25, 0.3) is 0 Å². The molecule has 0 spiro atoms. The van der Waals surface area contributed by atoms with E-state index in [4.69, 9.17) is 28.9 Å². The predicted molar refractivity (Wildman–Crippen MR) is 67.9 cm³/mol. The van der Waals surface area contributed by atoms with E-state index in [1.54, 1.807) is 12.1 Å². The summed E-state index contributed by atoms with van der Waals surface area (Å²) < 4.78 is 0. The average Bonchev–Trinajstić information content (AvgIpc) is 2.60. The molecule has 1 unspecified atom stereocenters. The second kappa shape index (κ2) is 4.24. The fourth-order valence-corrected chi connectivity index (χ4v) is 1.82. The molecule has 16 heavy (non-hydrogen) atoms. The summed E-state index contributed by atoms with van der Waals surface area (Å²) in [6.07, 6.45) is 0. The standard InChI is InChI=1S/C11H13Cl2N3/c1-5(2)10(14)11-15-8-3-6(12)7(13)4-9(8)16-11/h3-5,10H,14H2,1-2H3,(H,15,16). The van der Waals surface area contributed by atoms with Crippen molar-refractivity contribution in [3.05, 3.63) is 28.0 Å². The van der Waals surface area contributed by atoms with Gasteiger partial charge in [0.15, 0.2) is 0 Å². The zero-order valence-electron chi connectivity index (χ0n) is 9.09. The summed E-state index contributed by atoms with van der Waals surface area (Å²) in [6, 6.07) is 3.40. The molecule has 0 saturated heterocycles. The Labute approximate surface area is 104 Å². The second-order valence-corrected chi connectivity index (χ2v) is 4.99. The van der Waals surface area contributed by atoms with Crippen LogP contribution in [-0.4, -0.2) is 9.97 Å². The minimum absolute atomic E-state index is 0.107. The Hall–Kier alpha value is -0.770. The number of aromatic nitrogens is 2. The highest BCUT2D eigenvalue weighted by molar-refractivity contribution is 6.42. The van der Waals surface area contributed by atoms with Crippen molar-refractivity contribution in [1.29, 1.82) is 0 Å². The quantitative estimate of drug-likeness (QED) is 0.865. The Balaban J connectivity index is 2.52. The maximum Gasteiger partial charge on any atom is 0.124 e. The Bertz CT molecular complexity index is 480. The van der Waals surface area contributed by atoms with E-state index in [0.717, 1.165) is 16.9 Å². The van der Waals surface area contributed by atoms with E-state index in [-0.39, 0.29) is 6.04 Å². The minimum Gasteiger partial charge on any atom is -0.341 e. The van der Waals surface area contributed by atoms with Gasteiger partial charge in [0.2, 0.25) is 0 Å². The molecule has 2 aromatic rings. The van der Waals surface area contributed by atoms with E-state index < -0.39 is 0 Å². The summed E-state index contributed by atoms with van der Waals surface area (Å²) >= 11 is 11.9. The van der Waals surface area contributed by atoms with Crippen LogP contribution in [-0.2, 0) is 0 Å². The molecule has 1 aromatic heterocycles. The lowest BCUT2D eigenvalue weighted by molar-refractivity contribution is 0.495. The second-order valence-electron chi connectivity index (χ2n) is 4.18. The highest BCUT2D eigenvalue weighted by Crippen LogP contribution is 2.28. The molecule has 0 aliphatic carbocycles. The molecule has 0 saturated carbocycles. The van der Waals surface area contributed by atoms with Crippen molar-refractivity contribution in [2.75, 3.05) is 0 Å². The number of imidazole rings is 1. The summed E-state index contributed by atoms with van der Waals surface area (Å²) in [7, 11) is 0. The third-order valence-electron chi connectivity index (χ3n) is 2.58. The molecule has 86 valence electrons. The van der Waals surface area contributed by atoms with Crippen LogP contribution in [0.5, 0.6) is 0 Å². The SMILES string of the molecule is CC(C)C(N)c1nc2cc(Cl)c(Cl)cc2[nH]1. The van der Waals surface area contributed by atoms with Crippen molar-refractivity contribution in [3.63, 3.8) is 0 Å². The van der Waals surface area contributed by atoms with Gasteiger partial charge in [-0.2, -0.15) is 0 Å². The minimum atomic E-state index is -0.107. The molecule has 0 bridgehead atoms. The van der Waals surface area contributed by atoms with E-state index in [2.05, 4.69) is 23.8 Å². The molecular formula is C11H13Cl2N3. The smallest absolute Gasteiger partial charge is 0.124 e. The zero-order valence-corrected chi connectivity index (χ0v) is 10.6. The first-order valence-electron chi connectivity index (χ1n) is 5.09. The molecule has 0 amide bonds. The van der Waals surface area contributed by atoms with Gasteiger partial charge in [-0.25, -0.2) is 4.98 Å². The monoisotopic (exact) mass is 257 g/mol. The number of hydrogen-bond acceptors (Lipinski definition) is 2. The summed E-state index contributed by atoms with van der Waals surface area (Å²) in [5.74, 6) is 1.09. The molecule has 5 heteroatoms. The molecule has 1 heterocycles. The van der Waals surface area contributed by atoms with E-state index in [9.17, 15) is 0 Å². The van der Waals surface area contributed by atoms with Gasteiger partial charge in [-0.1, -0.05) is 37.0 Å².